The van der Waals surface area contributed by atoms with Gasteiger partial charge in [-0.15, -0.1) is 0 Å². The van der Waals surface area contributed by atoms with Crippen molar-refractivity contribution in [1.82, 2.24) is 19.6 Å². The molecule has 0 saturated heterocycles. The summed E-state index contributed by atoms with van der Waals surface area (Å²) in [6.07, 6.45) is 0.398. The quantitative estimate of drug-likeness (QED) is 0.476. The number of benzene rings is 2. The average Bonchev–Trinajstić information content (AvgIpc) is 3.13. The van der Waals surface area contributed by atoms with E-state index >= 15 is 0 Å². The number of hydrogen-bond donors (Lipinski definition) is 1. The van der Waals surface area contributed by atoms with E-state index in [0.29, 0.717) is 33.7 Å². The lowest BCUT2D eigenvalue weighted by Gasteiger charge is -2.18. The van der Waals surface area contributed by atoms with E-state index in [9.17, 15) is 9.59 Å². The molecule has 0 fully saturated rings. The molecule has 0 bridgehead atoms. The number of carbonyl (C=O) groups excluding carboxylic acids is 1. The van der Waals surface area contributed by atoms with Gasteiger partial charge < -0.3 is 5.32 Å². The number of para-hydroxylation sites is 1. The second kappa shape index (κ2) is 8.59. The van der Waals surface area contributed by atoms with Crippen LogP contribution in [0.25, 0.3) is 16.6 Å². The molecule has 0 spiro atoms. The van der Waals surface area contributed by atoms with Gasteiger partial charge >= 0.3 is 0 Å². The number of hydrogen-bond acceptors (Lipinski definition) is 4. The van der Waals surface area contributed by atoms with Crippen molar-refractivity contribution in [3.63, 3.8) is 0 Å². The van der Waals surface area contributed by atoms with Gasteiger partial charge in [-0.25, -0.2) is 9.36 Å². The average molecular weight is 450 g/mol. The fourth-order valence-corrected chi connectivity index (χ4v) is 4.16. The minimum absolute atomic E-state index is 0.299. The summed E-state index contributed by atoms with van der Waals surface area (Å²) in [5.41, 5.74) is 3.72. The minimum atomic E-state index is -0.775. The lowest BCUT2D eigenvalue weighted by molar-refractivity contribution is -0.119. The monoisotopic (exact) mass is 449 g/mol. The first kappa shape index (κ1) is 21.8. The second-order valence-corrected chi connectivity index (χ2v) is 8.20. The third kappa shape index (κ3) is 3.80. The molecular formula is C24H24ClN5O2. The predicted octanol–water partition coefficient (Wildman–Crippen LogP) is 4.75. The molecule has 1 N–H and O–H groups in total. The summed E-state index contributed by atoms with van der Waals surface area (Å²) in [4.78, 5) is 26.5. The van der Waals surface area contributed by atoms with Crippen molar-refractivity contribution in [2.24, 2.45) is 0 Å². The third-order valence-electron chi connectivity index (χ3n) is 5.58. The Kier molecular flexibility index (Phi) is 5.84. The number of halogens is 1. The van der Waals surface area contributed by atoms with Gasteiger partial charge in [-0.05, 0) is 63.1 Å². The minimum Gasteiger partial charge on any atom is -0.324 e. The molecule has 8 heteroatoms. The van der Waals surface area contributed by atoms with Crippen molar-refractivity contribution in [3.05, 3.63) is 80.9 Å². The highest BCUT2D eigenvalue weighted by atomic mass is 35.5. The Labute approximate surface area is 190 Å². The maximum atomic E-state index is 13.4. The van der Waals surface area contributed by atoms with E-state index in [2.05, 4.69) is 15.5 Å². The summed E-state index contributed by atoms with van der Waals surface area (Å²) in [6.45, 7) is 7.45. The molecule has 0 unspecified atom stereocenters. The zero-order chi connectivity index (χ0) is 23.0. The van der Waals surface area contributed by atoms with Gasteiger partial charge in [-0.1, -0.05) is 36.7 Å². The molecule has 164 valence electrons. The molecule has 1 atom stereocenters. The van der Waals surface area contributed by atoms with Crippen LogP contribution in [0.2, 0.25) is 5.02 Å². The topological polar surface area (TPSA) is 81.8 Å². The summed E-state index contributed by atoms with van der Waals surface area (Å²) >= 11 is 6.01. The van der Waals surface area contributed by atoms with Gasteiger partial charge in [0.15, 0.2) is 5.52 Å². The van der Waals surface area contributed by atoms with Crippen LogP contribution in [0.15, 0.2) is 53.3 Å². The molecule has 0 aliphatic carbocycles. The van der Waals surface area contributed by atoms with Crippen LogP contribution in [-0.4, -0.2) is 25.5 Å². The van der Waals surface area contributed by atoms with Crippen LogP contribution in [0.1, 0.15) is 36.3 Å². The van der Waals surface area contributed by atoms with Gasteiger partial charge in [0.2, 0.25) is 5.91 Å². The second-order valence-electron chi connectivity index (χ2n) is 7.76. The molecule has 0 radical (unpaired) electrons. The van der Waals surface area contributed by atoms with Crippen LogP contribution in [0, 0.1) is 20.8 Å². The fourth-order valence-electron chi connectivity index (χ4n) is 3.94. The zero-order valence-electron chi connectivity index (χ0n) is 18.4. The molecule has 2 aromatic heterocycles. The summed E-state index contributed by atoms with van der Waals surface area (Å²) in [5, 5.41) is 13.3. The summed E-state index contributed by atoms with van der Waals surface area (Å²) < 4.78 is 2.99. The molecule has 2 aromatic carbocycles. The van der Waals surface area contributed by atoms with E-state index in [0.717, 1.165) is 16.9 Å². The Bertz CT molecular complexity index is 1370. The van der Waals surface area contributed by atoms with Crippen LogP contribution in [0.5, 0.6) is 0 Å². The summed E-state index contributed by atoms with van der Waals surface area (Å²) in [5.74, 6) is -0.314. The maximum absolute atomic E-state index is 13.4. The fraction of sp³-hybridized carbons (Fsp3) is 0.250. The van der Waals surface area contributed by atoms with E-state index in [1.165, 1.54) is 4.68 Å². The van der Waals surface area contributed by atoms with Crippen LogP contribution >= 0.6 is 11.6 Å². The van der Waals surface area contributed by atoms with Crippen molar-refractivity contribution in [2.75, 3.05) is 5.32 Å². The van der Waals surface area contributed by atoms with E-state index in [1.807, 2.05) is 58.0 Å². The van der Waals surface area contributed by atoms with Crippen molar-refractivity contribution >= 4 is 34.1 Å². The number of anilines is 1. The predicted molar refractivity (Wildman–Crippen MR) is 127 cm³/mol. The molecule has 32 heavy (non-hydrogen) atoms. The molecule has 1 amide bonds. The summed E-state index contributed by atoms with van der Waals surface area (Å²) in [7, 11) is 0. The van der Waals surface area contributed by atoms with Crippen LogP contribution in [0.3, 0.4) is 0 Å². The number of rotatable bonds is 5. The van der Waals surface area contributed by atoms with E-state index in [1.54, 1.807) is 22.9 Å². The van der Waals surface area contributed by atoms with Crippen LogP contribution < -0.4 is 10.9 Å². The Morgan fingerprint density at radius 3 is 2.47 bits per heavy atom. The number of fused-ring (bicyclic) bond motifs is 1. The zero-order valence-corrected chi connectivity index (χ0v) is 19.1. The normalized spacial score (nSPS) is 12.2. The van der Waals surface area contributed by atoms with Crippen molar-refractivity contribution in [2.45, 2.75) is 40.2 Å². The summed E-state index contributed by atoms with van der Waals surface area (Å²) in [6, 6.07) is 14.1. The van der Waals surface area contributed by atoms with Crippen molar-refractivity contribution in [3.8, 4) is 5.69 Å². The molecule has 4 rings (SSSR count). The molecule has 2 heterocycles. The molecule has 7 nitrogen and oxygen atoms in total. The maximum Gasteiger partial charge on any atom is 0.295 e. The van der Waals surface area contributed by atoms with Gasteiger partial charge in [-0.3, -0.25) is 9.59 Å². The van der Waals surface area contributed by atoms with Crippen molar-refractivity contribution in [1.29, 1.82) is 0 Å². The number of nitrogens with one attached hydrogen (secondary N) is 1. The highest BCUT2D eigenvalue weighted by molar-refractivity contribution is 6.30. The number of nitrogens with zero attached hydrogens (tertiary/aromatic N) is 4. The number of carbonyl (C=O) groups is 1. The number of amides is 1. The van der Waals surface area contributed by atoms with Gasteiger partial charge in [0.25, 0.3) is 5.56 Å². The number of aryl methyl sites for hydroxylation is 3. The number of aromatic nitrogens is 4. The SMILES string of the molecule is CC[C@@H](C(=O)Nc1ccc(Cl)cc1C)n1nc(C)c2c(C)n(-c3ccccc3)nc2c1=O. The Morgan fingerprint density at radius 2 is 1.81 bits per heavy atom. The van der Waals surface area contributed by atoms with E-state index < -0.39 is 11.6 Å². The Hall–Kier alpha value is -3.45. The van der Waals surface area contributed by atoms with E-state index in [-0.39, 0.29) is 5.91 Å². The lowest BCUT2D eigenvalue weighted by atomic mass is 10.1. The highest BCUT2D eigenvalue weighted by Gasteiger charge is 2.25. The molecule has 4 aromatic rings. The molecule has 0 saturated carbocycles. The standard InChI is InChI=1S/C24H24ClN5O2/c1-5-20(23(31)26-19-12-11-17(25)13-14(19)2)30-24(32)22-21(15(3)27-30)16(4)29(28-22)18-9-7-6-8-10-18/h6-13,20H,5H2,1-4H3,(H,26,31)/t20-/m0/s1. The Balaban J connectivity index is 1.78. The largest absolute Gasteiger partial charge is 0.324 e. The molecular weight excluding hydrogens is 426 g/mol. The first-order valence-corrected chi connectivity index (χ1v) is 10.8. The molecule has 0 aliphatic heterocycles. The Morgan fingerprint density at radius 1 is 1.09 bits per heavy atom. The first-order chi connectivity index (χ1) is 15.3. The smallest absolute Gasteiger partial charge is 0.295 e. The highest BCUT2D eigenvalue weighted by Crippen LogP contribution is 2.24. The van der Waals surface area contributed by atoms with Crippen LogP contribution in [0.4, 0.5) is 5.69 Å². The van der Waals surface area contributed by atoms with Gasteiger partial charge in [-0.2, -0.15) is 10.2 Å². The first-order valence-electron chi connectivity index (χ1n) is 10.4. The molecule has 0 aliphatic rings. The third-order valence-corrected chi connectivity index (χ3v) is 5.81. The lowest BCUT2D eigenvalue weighted by Crippen LogP contribution is -2.35. The van der Waals surface area contributed by atoms with E-state index in [4.69, 9.17) is 11.6 Å². The van der Waals surface area contributed by atoms with Gasteiger partial charge in [0, 0.05) is 10.7 Å². The van der Waals surface area contributed by atoms with Crippen LogP contribution in [-0.2, 0) is 4.79 Å². The van der Waals surface area contributed by atoms with Gasteiger partial charge in [0.05, 0.1) is 22.5 Å². The van der Waals surface area contributed by atoms with Crippen molar-refractivity contribution < 1.29 is 4.79 Å². The van der Waals surface area contributed by atoms with Gasteiger partial charge in [0.1, 0.15) is 6.04 Å².